The first kappa shape index (κ1) is 17.6. The molecule has 22 heavy (non-hydrogen) atoms. The summed E-state index contributed by atoms with van der Waals surface area (Å²) in [6.45, 7) is 4.30. The van der Waals surface area contributed by atoms with Crippen LogP contribution < -0.4 is 10.6 Å². The number of amides is 2. The Morgan fingerprint density at radius 3 is 2.14 bits per heavy atom. The second-order valence-corrected chi connectivity index (χ2v) is 4.48. The molecule has 1 rings (SSSR count). The normalized spacial score (nSPS) is 10.1. The molecule has 0 saturated carbocycles. The summed E-state index contributed by atoms with van der Waals surface area (Å²) in [5.74, 6) is -0.116. The summed E-state index contributed by atoms with van der Waals surface area (Å²) in [4.78, 5) is 24.9. The molecule has 0 saturated heterocycles. The molecule has 0 bridgehead atoms. The maximum absolute atomic E-state index is 12.1. The Labute approximate surface area is 128 Å². The zero-order valence-electron chi connectivity index (χ0n) is 12.8. The Balaban J connectivity index is 2.87. The molecule has 9 heteroatoms. The lowest BCUT2D eigenvalue weighted by Gasteiger charge is -2.20. The molecule has 0 aliphatic rings. The van der Waals surface area contributed by atoms with Crippen LogP contribution in [0.3, 0.4) is 0 Å². The van der Waals surface area contributed by atoms with Gasteiger partial charge < -0.3 is 15.2 Å². The average Bonchev–Trinajstić information content (AvgIpc) is 2.50. The van der Waals surface area contributed by atoms with Crippen molar-refractivity contribution in [1.29, 1.82) is 0 Å². The van der Waals surface area contributed by atoms with E-state index in [4.69, 9.17) is 15.2 Å². The molecule has 0 fully saturated rings. The van der Waals surface area contributed by atoms with E-state index in [-0.39, 0.29) is 24.7 Å². The van der Waals surface area contributed by atoms with Crippen molar-refractivity contribution in [2.45, 2.75) is 39.5 Å². The Bertz CT molecular complexity index is 475. The number of nitrogens with zero attached hydrogens (tertiary/aromatic N) is 4. The number of nitrogen functional groups attached to an aromatic ring is 1. The molecular weight excluding hydrogens is 290 g/mol. The molecule has 1 aromatic rings. The van der Waals surface area contributed by atoms with Crippen molar-refractivity contribution < 1.29 is 19.1 Å². The number of ether oxygens (including phenoxy) is 2. The highest BCUT2D eigenvalue weighted by atomic mass is 16.6. The molecule has 0 spiro atoms. The number of hydrogen-bond donors (Lipinski definition) is 1. The minimum Gasteiger partial charge on any atom is -0.449 e. The van der Waals surface area contributed by atoms with E-state index in [9.17, 15) is 9.59 Å². The number of carbonyl (C=O) groups is 2. The summed E-state index contributed by atoms with van der Waals surface area (Å²) in [5.41, 5.74) is 5.62. The van der Waals surface area contributed by atoms with Gasteiger partial charge in [0.25, 0.3) is 0 Å². The molecule has 2 amide bonds. The highest BCUT2D eigenvalue weighted by molar-refractivity contribution is 6.10. The van der Waals surface area contributed by atoms with Gasteiger partial charge in [-0.3, -0.25) is 0 Å². The van der Waals surface area contributed by atoms with Crippen molar-refractivity contribution in [1.82, 2.24) is 15.4 Å². The standard InChI is InChI=1S/C13H21N5O4/c1-3-5-7-21-12(19)18(13(20)22-8-6-4-2)10-9-15-17-16-11(10)14/h9H,3-8H2,1-2H3,(H2,14,15,16). The molecule has 1 heterocycles. The minimum absolute atomic E-state index is 0.0157. The molecule has 0 aromatic carbocycles. The van der Waals surface area contributed by atoms with E-state index in [2.05, 4.69) is 15.4 Å². The quantitative estimate of drug-likeness (QED) is 0.760. The van der Waals surface area contributed by atoms with E-state index < -0.39 is 12.2 Å². The first-order valence-corrected chi connectivity index (χ1v) is 7.19. The number of rotatable bonds is 7. The van der Waals surface area contributed by atoms with E-state index in [0.29, 0.717) is 17.7 Å². The van der Waals surface area contributed by atoms with E-state index in [0.717, 1.165) is 19.0 Å². The maximum Gasteiger partial charge on any atom is 0.424 e. The molecule has 0 aliphatic heterocycles. The number of aromatic nitrogens is 3. The number of anilines is 2. The lowest BCUT2D eigenvalue weighted by atomic mass is 10.4. The Kier molecular flexibility index (Phi) is 7.58. The molecule has 122 valence electrons. The van der Waals surface area contributed by atoms with Crippen LogP contribution in [0.15, 0.2) is 6.20 Å². The molecule has 1 aromatic heterocycles. The summed E-state index contributed by atoms with van der Waals surface area (Å²) in [6, 6.07) is 0. The van der Waals surface area contributed by atoms with Crippen LogP contribution in [0.25, 0.3) is 0 Å². The number of carbonyl (C=O) groups excluding carboxylic acids is 2. The third-order valence-electron chi connectivity index (χ3n) is 2.70. The van der Waals surface area contributed by atoms with Crippen LogP contribution in [0.5, 0.6) is 0 Å². The van der Waals surface area contributed by atoms with Gasteiger partial charge in [0.1, 0.15) is 5.69 Å². The fraction of sp³-hybridized carbons (Fsp3) is 0.615. The van der Waals surface area contributed by atoms with Crippen LogP contribution >= 0.6 is 0 Å². The maximum atomic E-state index is 12.1. The van der Waals surface area contributed by atoms with Crippen LogP contribution in [0.4, 0.5) is 21.1 Å². The SMILES string of the molecule is CCCCOC(=O)N(C(=O)OCCCC)c1cnnnc1N. The first-order valence-electron chi connectivity index (χ1n) is 7.19. The topological polar surface area (TPSA) is 121 Å². The van der Waals surface area contributed by atoms with E-state index >= 15 is 0 Å². The van der Waals surface area contributed by atoms with Gasteiger partial charge >= 0.3 is 12.2 Å². The van der Waals surface area contributed by atoms with Crippen LogP contribution in [0.2, 0.25) is 0 Å². The second kappa shape index (κ2) is 9.48. The smallest absolute Gasteiger partial charge is 0.424 e. The predicted octanol–water partition coefficient (Wildman–Crippen LogP) is 2.13. The van der Waals surface area contributed by atoms with Crippen LogP contribution in [0.1, 0.15) is 39.5 Å². The predicted molar refractivity (Wildman–Crippen MR) is 79.2 cm³/mol. The van der Waals surface area contributed by atoms with Gasteiger partial charge in [-0.2, -0.15) is 4.90 Å². The van der Waals surface area contributed by atoms with Gasteiger partial charge in [0.05, 0.1) is 19.4 Å². The van der Waals surface area contributed by atoms with Crippen LogP contribution in [-0.2, 0) is 9.47 Å². The van der Waals surface area contributed by atoms with Crippen molar-refractivity contribution in [3.8, 4) is 0 Å². The average molecular weight is 311 g/mol. The minimum atomic E-state index is -0.878. The summed E-state index contributed by atoms with van der Waals surface area (Å²) in [7, 11) is 0. The molecule has 0 radical (unpaired) electrons. The van der Waals surface area contributed by atoms with Crippen LogP contribution in [0, 0.1) is 0 Å². The van der Waals surface area contributed by atoms with Gasteiger partial charge in [-0.15, -0.1) is 10.2 Å². The lowest BCUT2D eigenvalue weighted by molar-refractivity contribution is 0.133. The molecule has 0 aliphatic carbocycles. The van der Waals surface area contributed by atoms with Crippen molar-refractivity contribution in [3.05, 3.63) is 6.20 Å². The Morgan fingerprint density at radius 2 is 1.68 bits per heavy atom. The third kappa shape index (κ3) is 5.15. The summed E-state index contributed by atoms with van der Waals surface area (Å²) in [6.07, 6.45) is 2.49. The summed E-state index contributed by atoms with van der Waals surface area (Å²) < 4.78 is 10.1. The Hall–Kier alpha value is -2.45. The van der Waals surface area contributed by atoms with Crippen LogP contribution in [-0.4, -0.2) is 40.8 Å². The molecule has 9 nitrogen and oxygen atoms in total. The zero-order valence-corrected chi connectivity index (χ0v) is 12.8. The molecule has 0 unspecified atom stereocenters. The summed E-state index contributed by atoms with van der Waals surface area (Å²) in [5, 5.41) is 10.4. The van der Waals surface area contributed by atoms with Gasteiger partial charge in [0.2, 0.25) is 0 Å². The zero-order chi connectivity index (χ0) is 16.4. The van der Waals surface area contributed by atoms with Crippen molar-refractivity contribution in [3.63, 3.8) is 0 Å². The van der Waals surface area contributed by atoms with Gasteiger partial charge in [-0.25, -0.2) is 9.59 Å². The molecular formula is C13H21N5O4. The van der Waals surface area contributed by atoms with Gasteiger partial charge in [-0.05, 0) is 18.1 Å². The molecule has 2 N–H and O–H groups in total. The molecule has 0 atom stereocenters. The number of nitrogens with two attached hydrogens (primary N) is 1. The van der Waals surface area contributed by atoms with E-state index in [1.165, 1.54) is 0 Å². The van der Waals surface area contributed by atoms with E-state index in [1.54, 1.807) is 0 Å². The van der Waals surface area contributed by atoms with E-state index in [1.807, 2.05) is 13.8 Å². The highest BCUT2D eigenvalue weighted by Crippen LogP contribution is 2.20. The first-order chi connectivity index (χ1) is 10.6. The lowest BCUT2D eigenvalue weighted by Crippen LogP contribution is -2.39. The second-order valence-electron chi connectivity index (χ2n) is 4.48. The highest BCUT2D eigenvalue weighted by Gasteiger charge is 2.29. The van der Waals surface area contributed by atoms with Crippen molar-refractivity contribution in [2.24, 2.45) is 0 Å². The number of unbranched alkanes of at least 4 members (excludes halogenated alkanes) is 2. The van der Waals surface area contributed by atoms with Gasteiger partial charge in [0.15, 0.2) is 5.82 Å². The number of hydrogen-bond acceptors (Lipinski definition) is 8. The third-order valence-corrected chi connectivity index (χ3v) is 2.70. The van der Waals surface area contributed by atoms with Gasteiger partial charge in [0, 0.05) is 0 Å². The van der Waals surface area contributed by atoms with Gasteiger partial charge in [-0.1, -0.05) is 26.7 Å². The monoisotopic (exact) mass is 311 g/mol. The van der Waals surface area contributed by atoms with Crippen molar-refractivity contribution >= 4 is 23.7 Å². The number of imide groups is 1. The fourth-order valence-electron chi connectivity index (χ4n) is 1.45. The Morgan fingerprint density at radius 1 is 1.14 bits per heavy atom. The largest absolute Gasteiger partial charge is 0.449 e. The fourth-order valence-corrected chi connectivity index (χ4v) is 1.45. The van der Waals surface area contributed by atoms with Crippen molar-refractivity contribution in [2.75, 3.05) is 23.8 Å². The summed E-state index contributed by atoms with van der Waals surface area (Å²) >= 11 is 0.